The predicted octanol–water partition coefficient (Wildman–Crippen LogP) is 4.93. The highest BCUT2D eigenvalue weighted by Gasteiger charge is 2.15. The smallest absolute Gasteiger partial charge is 0.421 e. The summed E-state index contributed by atoms with van der Waals surface area (Å²) in [6, 6.07) is 15.7. The van der Waals surface area contributed by atoms with Crippen molar-refractivity contribution < 1.29 is 9.53 Å². The number of hydrazine groups is 1. The number of amides is 1. The zero-order valence-electron chi connectivity index (χ0n) is 14.4. The molecule has 2 rings (SSSR count). The number of nitrogens with one attached hydrogen (secondary N) is 2. The molecule has 2 aromatic rings. The van der Waals surface area contributed by atoms with Crippen LogP contribution in [0.3, 0.4) is 0 Å². The third-order valence-electron chi connectivity index (χ3n) is 3.58. The van der Waals surface area contributed by atoms with Crippen molar-refractivity contribution in [2.24, 2.45) is 0 Å². The highest BCUT2D eigenvalue weighted by atomic mass is 35.5. The third-order valence-corrected chi connectivity index (χ3v) is 4.78. The molecule has 134 valence electrons. The second-order valence-electron chi connectivity index (χ2n) is 5.35. The summed E-state index contributed by atoms with van der Waals surface area (Å²) in [5.74, 6) is 2.09. The van der Waals surface area contributed by atoms with Crippen LogP contribution in [0.15, 0.2) is 48.5 Å². The molecule has 0 fully saturated rings. The van der Waals surface area contributed by atoms with Gasteiger partial charge in [0.2, 0.25) is 0 Å². The second kappa shape index (κ2) is 10.3. The Kier molecular flexibility index (Phi) is 8.12. The van der Waals surface area contributed by atoms with Gasteiger partial charge in [-0.3, -0.25) is 5.43 Å². The summed E-state index contributed by atoms with van der Waals surface area (Å²) in [6.07, 6.45) is -0.502. The van der Waals surface area contributed by atoms with Gasteiger partial charge in [-0.25, -0.2) is 10.2 Å². The Morgan fingerprint density at radius 1 is 1.08 bits per heavy atom. The van der Waals surface area contributed by atoms with Crippen LogP contribution in [0.1, 0.15) is 36.6 Å². The van der Waals surface area contributed by atoms with E-state index in [4.69, 9.17) is 16.3 Å². The highest BCUT2D eigenvalue weighted by Crippen LogP contribution is 2.24. The Balaban J connectivity index is 2.18. The van der Waals surface area contributed by atoms with E-state index >= 15 is 0 Å². The quantitative estimate of drug-likeness (QED) is 0.639. The Labute approximate surface area is 158 Å². The lowest BCUT2D eigenvalue weighted by Crippen LogP contribution is -2.40. The van der Waals surface area contributed by atoms with Gasteiger partial charge in [-0.1, -0.05) is 54.9 Å². The topological polar surface area (TPSA) is 50.4 Å². The number of rotatable bonds is 8. The second-order valence-corrected chi connectivity index (χ2v) is 7.06. The summed E-state index contributed by atoms with van der Waals surface area (Å²) in [5.41, 5.74) is 8.97. The van der Waals surface area contributed by atoms with Gasteiger partial charge >= 0.3 is 6.09 Å². The molecule has 1 unspecified atom stereocenters. The van der Waals surface area contributed by atoms with E-state index in [9.17, 15) is 4.79 Å². The Morgan fingerprint density at radius 3 is 2.24 bits per heavy atom. The lowest BCUT2D eigenvalue weighted by atomic mass is 9.98. The number of halogens is 1. The van der Waals surface area contributed by atoms with Crippen LogP contribution in [0.5, 0.6) is 0 Å². The standard InChI is InChI=1S/C19H23ClN2O2S/c1-3-24-19(23)22-21-18(16-9-11-17(20)12-10-16)15-7-5-14(6-8-15)13-25-4-2/h5-12,18,21H,3-4,13H2,1-2H3,(H,22,23). The minimum Gasteiger partial charge on any atom is -0.449 e. The van der Waals surface area contributed by atoms with Gasteiger partial charge in [0.25, 0.3) is 0 Å². The van der Waals surface area contributed by atoms with Crippen molar-refractivity contribution in [3.8, 4) is 0 Å². The van der Waals surface area contributed by atoms with Gasteiger partial charge < -0.3 is 4.74 Å². The summed E-state index contributed by atoms with van der Waals surface area (Å²) in [6.45, 7) is 4.24. The van der Waals surface area contributed by atoms with Gasteiger partial charge in [0.1, 0.15) is 0 Å². The fraction of sp³-hybridized carbons (Fsp3) is 0.316. The molecular formula is C19H23ClN2O2S. The van der Waals surface area contributed by atoms with Crippen molar-refractivity contribution in [2.45, 2.75) is 25.6 Å². The van der Waals surface area contributed by atoms with Gasteiger partial charge in [-0.15, -0.1) is 0 Å². The van der Waals surface area contributed by atoms with Gasteiger partial charge in [0.05, 0.1) is 12.6 Å². The van der Waals surface area contributed by atoms with Gasteiger partial charge in [0.15, 0.2) is 0 Å². The first-order valence-corrected chi connectivity index (χ1v) is 9.77. The molecule has 0 saturated carbocycles. The SMILES string of the molecule is CCOC(=O)NNC(c1ccc(Cl)cc1)c1ccc(CSCC)cc1. The van der Waals surface area contributed by atoms with Gasteiger partial charge in [-0.05, 0) is 41.5 Å². The van der Waals surface area contributed by atoms with E-state index < -0.39 is 6.09 Å². The zero-order chi connectivity index (χ0) is 18.1. The van der Waals surface area contributed by atoms with Crippen molar-refractivity contribution in [1.29, 1.82) is 0 Å². The molecule has 1 amide bonds. The first-order valence-electron chi connectivity index (χ1n) is 8.24. The van der Waals surface area contributed by atoms with E-state index in [-0.39, 0.29) is 6.04 Å². The van der Waals surface area contributed by atoms with Crippen LogP contribution in [0.2, 0.25) is 5.02 Å². The molecule has 2 aromatic carbocycles. The van der Waals surface area contributed by atoms with Crippen molar-refractivity contribution in [2.75, 3.05) is 12.4 Å². The maximum absolute atomic E-state index is 11.6. The van der Waals surface area contributed by atoms with Crippen LogP contribution in [0.25, 0.3) is 0 Å². The van der Waals surface area contributed by atoms with Gasteiger partial charge in [0, 0.05) is 10.8 Å². The Bertz CT molecular complexity index is 662. The number of ether oxygens (including phenoxy) is 1. The molecule has 0 radical (unpaired) electrons. The average molecular weight is 379 g/mol. The van der Waals surface area contributed by atoms with E-state index in [0.717, 1.165) is 22.6 Å². The van der Waals surface area contributed by atoms with Crippen LogP contribution >= 0.6 is 23.4 Å². The molecule has 0 aliphatic rings. The van der Waals surface area contributed by atoms with Crippen LogP contribution in [0, 0.1) is 0 Å². The lowest BCUT2D eigenvalue weighted by Gasteiger charge is -2.20. The lowest BCUT2D eigenvalue weighted by molar-refractivity contribution is 0.146. The maximum Gasteiger partial charge on any atom is 0.421 e. The predicted molar refractivity (Wildman–Crippen MR) is 105 cm³/mol. The molecule has 25 heavy (non-hydrogen) atoms. The third kappa shape index (κ3) is 6.27. The monoisotopic (exact) mass is 378 g/mol. The average Bonchev–Trinajstić information content (AvgIpc) is 2.63. The highest BCUT2D eigenvalue weighted by molar-refractivity contribution is 7.98. The van der Waals surface area contributed by atoms with E-state index in [1.54, 1.807) is 6.92 Å². The summed E-state index contributed by atoms with van der Waals surface area (Å²) < 4.78 is 4.91. The van der Waals surface area contributed by atoms with Crippen molar-refractivity contribution >= 4 is 29.5 Å². The molecule has 6 heteroatoms. The summed E-state index contributed by atoms with van der Waals surface area (Å²) in [7, 11) is 0. The fourth-order valence-corrected chi connectivity index (χ4v) is 3.10. The van der Waals surface area contributed by atoms with Crippen LogP contribution in [-0.4, -0.2) is 18.5 Å². The maximum atomic E-state index is 11.6. The van der Waals surface area contributed by atoms with E-state index in [1.807, 2.05) is 36.0 Å². The molecule has 0 aliphatic heterocycles. The van der Waals surface area contributed by atoms with Crippen molar-refractivity contribution in [3.63, 3.8) is 0 Å². The minimum atomic E-state index is -0.502. The van der Waals surface area contributed by atoms with Crippen molar-refractivity contribution in [1.82, 2.24) is 10.9 Å². The largest absolute Gasteiger partial charge is 0.449 e. The molecule has 0 bridgehead atoms. The fourth-order valence-electron chi connectivity index (χ4n) is 2.34. The van der Waals surface area contributed by atoms with Crippen molar-refractivity contribution in [3.05, 3.63) is 70.2 Å². The zero-order valence-corrected chi connectivity index (χ0v) is 16.0. The number of carbonyl (C=O) groups is 1. The number of thioether (sulfide) groups is 1. The summed E-state index contributed by atoms with van der Waals surface area (Å²) in [4.78, 5) is 11.6. The number of carbonyl (C=O) groups excluding carboxylic acids is 1. The molecule has 1 atom stereocenters. The Hall–Kier alpha value is -1.69. The first kappa shape index (κ1) is 19.6. The van der Waals surface area contributed by atoms with Crippen LogP contribution < -0.4 is 10.9 Å². The first-order chi connectivity index (χ1) is 12.1. The number of hydrogen-bond donors (Lipinski definition) is 2. The molecule has 0 heterocycles. The molecule has 0 aromatic heterocycles. The minimum absolute atomic E-state index is 0.199. The van der Waals surface area contributed by atoms with E-state index in [1.165, 1.54) is 5.56 Å². The van der Waals surface area contributed by atoms with Crippen LogP contribution in [-0.2, 0) is 10.5 Å². The van der Waals surface area contributed by atoms with Crippen LogP contribution in [0.4, 0.5) is 4.79 Å². The summed E-state index contributed by atoms with van der Waals surface area (Å²) >= 11 is 7.88. The van der Waals surface area contributed by atoms with E-state index in [0.29, 0.717) is 11.6 Å². The molecule has 0 saturated heterocycles. The Morgan fingerprint density at radius 2 is 1.68 bits per heavy atom. The molecule has 4 nitrogen and oxygen atoms in total. The van der Waals surface area contributed by atoms with E-state index in [2.05, 4.69) is 42.0 Å². The number of hydrogen-bond acceptors (Lipinski definition) is 4. The molecule has 0 aliphatic carbocycles. The summed E-state index contributed by atoms with van der Waals surface area (Å²) in [5, 5.41) is 0.674. The molecule has 2 N–H and O–H groups in total. The number of benzene rings is 2. The molecule has 0 spiro atoms. The van der Waals surface area contributed by atoms with Gasteiger partial charge in [-0.2, -0.15) is 11.8 Å². The molecular weight excluding hydrogens is 356 g/mol. The normalized spacial score (nSPS) is 11.8.